The number of benzene rings is 2. The van der Waals surface area contributed by atoms with Gasteiger partial charge in [0.2, 0.25) is 0 Å². The molecule has 21 heavy (non-hydrogen) atoms. The number of carbonyl (C=O) groups is 1. The van der Waals surface area contributed by atoms with E-state index in [1.54, 1.807) is 7.11 Å². The lowest BCUT2D eigenvalue weighted by molar-refractivity contribution is 0.0961. The first-order chi connectivity index (χ1) is 10.2. The van der Waals surface area contributed by atoms with E-state index in [1.165, 1.54) is 5.56 Å². The molecule has 0 fully saturated rings. The molecule has 108 valence electrons. The second kappa shape index (κ2) is 5.70. The maximum absolute atomic E-state index is 12.1. The van der Waals surface area contributed by atoms with E-state index in [-0.39, 0.29) is 11.8 Å². The summed E-state index contributed by atoms with van der Waals surface area (Å²) >= 11 is 0. The molecule has 2 aromatic carbocycles. The van der Waals surface area contributed by atoms with E-state index in [0.29, 0.717) is 6.42 Å². The second-order valence-electron chi connectivity index (χ2n) is 5.49. The maximum Gasteiger partial charge on any atom is 0.165 e. The summed E-state index contributed by atoms with van der Waals surface area (Å²) in [6, 6.07) is 16.2. The number of carbonyl (C=O) groups excluding carboxylic acids is 1. The van der Waals surface area contributed by atoms with Gasteiger partial charge in [-0.25, -0.2) is 0 Å². The van der Waals surface area contributed by atoms with Gasteiger partial charge in [0.25, 0.3) is 0 Å². The molecule has 0 heterocycles. The molecule has 0 N–H and O–H groups in total. The van der Waals surface area contributed by atoms with Crippen LogP contribution in [0.5, 0.6) is 5.75 Å². The van der Waals surface area contributed by atoms with Crippen molar-refractivity contribution < 1.29 is 9.53 Å². The third kappa shape index (κ3) is 2.69. The fourth-order valence-corrected chi connectivity index (χ4v) is 2.96. The Morgan fingerprint density at radius 1 is 1.14 bits per heavy atom. The number of nitrogens with zero attached hydrogens (tertiary/aromatic N) is 1. The van der Waals surface area contributed by atoms with Crippen molar-refractivity contribution in [3.8, 4) is 5.75 Å². The van der Waals surface area contributed by atoms with E-state index >= 15 is 0 Å². The summed E-state index contributed by atoms with van der Waals surface area (Å²) < 4.78 is 5.18. The Morgan fingerprint density at radius 3 is 2.57 bits per heavy atom. The first-order valence-corrected chi connectivity index (χ1v) is 7.14. The zero-order chi connectivity index (χ0) is 14.8. The number of methoxy groups -OCH3 is 1. The molecule has 3 rings (SSSR count). The molecule has 3 heteroatoms. The Kier molecular flexibility index (Phi) is 3.76. The molecule has 1 aliphatic rings. The third-order valence-electron chi connectivity index (χ3n) is 4.12. The van der Waals surface area contributed by atoms with Gasteiger partial charge in [0.1, 0.15) is 5.75 Å². The summed E-state index contributed by atoms with van der Waals surface area (Å²) in [7, 11) is 3.74. The number of hydrogen-bond donors (Lipinski definition) is 0. The lowest BCUT2D eigenvalue weighted by Crippen LogP contribution is -2.22. The molecule has 0 spiro atoms. The largest absolute Gasteiger partial charge is 0.497 e. The summed E-state index contributed by atoms with van der Waals surface area (Å²) in [6.45, 7) is 0.816. The SMILES string of the molecule is COc1ccc(CN(C)C2CC(=O)c3ccccc32)cc1. The molecule has 0 bridgehead atoms. The monoisotopic (exact) mass is 281 g/mol. The van der Waals surface area contributed by atoms with Crippen LogP contribution in [0.15, 0.2) is 48.5 Å². The number of hydrogen-bond acceptors (Lipinski definition) is 3. The van der Waals surface area contributed by atoms with Gasteiger partial charge in [-0.05, 0) is 30.3 Å². The zero-order valence-electron chi connectivity index (χ0n) is 12.4. The number of rotatable bonds is 4. The van der Waals surface area contributed by atoms with Crippen molar-refractivity contribution >= 4 is 5.78 Å². The minimum Gasteiger partial charge on any atom is -0.497 e. The second-order valence-corrected chi connectivity index (χ2v) is 5.49. The van der Waals surface area contributed by atoms with E-state index in [4.69, 9.17) is 4.74 Å². The van der Waals surface area contributed by atoms with Gasteiger partial charge in [0.05, 0.1) is 7.11 Å². The van der Waals surface area contributed by atoms with E-state index < -0.39 is 0 Å². The van der Waals surface area contributed by atoms with Crippen molar-refractivity contribution in [2.75, 3.05) is 14.2 Å². The zero-order valence-corrected chi connectivity index (χ0v) is 12.4. The Balaban J connectivity index is 1.77. The Hall–Kier alpha value is -2.13. The molecular formula is C18H19NO2. The highest BCUT2D eigenvalue weighted by Gasteiger charge is 2.31. The number of Topliss-reactive ketones (excluding diaryl/α,β-unsaturated/α-hetero) is 1. The maximum atomic E-state index is 12.1. The van der Waals surface area contributed by atoms with Crippen LogP contribution in [0.2, 0.25) is 0 Å². The molecular weight excluding hydrogens is 262 g/mol. The number of fused-ring (bicyclic) bond motifs is 1. The Labute approximate surface area is 125 Å². The fourth-order valence-electron chi connectivity index (χ4n) is 2.96. The van der Waals surface area contributed by atoms with Crippen LogP contribution in [0, 0.1) is 0 Å². The van der Waals surface area contributed by atoms with Crippen molar-refractivity contribution in [3.05, 3.63) is 65.2 Å². The average Bonchev–Trinajstić information content (AvgIpc) is 2.86. The summed E-state index contributed by atoms with van der Waals surface area (Å²) in [5.74, 6) is 1.11. The molecule has 1 atom stereocenters. The summed E-state index contributed by atoms with van der Waals surface area (Å²) in [4.78, 5) is 14.3. The highest BCUT2D eigenvalue weighted by atomic mass is 16.5. The van der Waals surface area contributed by atoms with E-state index in [9.17, 15) is 4.79 Å². The first kappa shape index (κ1) is 13.8. The quantitative estimate of drug-likeness (QED) is 0.859. The highest BCUT2D eigenvalue weighted by molar-refractivity contribution is 6.01. The van der Waals surface area contributed by atoms with Gasteiger partial charge in [0, 0.05) is 24.6 Å². The van der Waals surface area contributed by atoms with Crippen LogP contribution >= 0.6 is 0 Å². The molecule has 0 radical (unpaired) electrons. The normalized spacial score (nSPS) is 17.1. The lowest BCUT2D eigenvalue weighted by atomic mass is 10.1. The van der Waals surface area contributed by atoms with Crippen LogP contribution in [0.4, 0.5) is 0 Å². The average molecular weight is 281 g/mol. The minimum absolute atomic E-state index is 0.177. The van der Waals surface area contributed by atoms with Crippen LogP contribution in [0.1, 0.15) is 33.9 Å². The highest BCUT2D eigenvalue weighted by Crippen LogP contribution is 2.35. The van der Waals surface area contributed by atoms with Crippen LogP contribution in [0.25, 0.3) is 0 Å². The van der Waals surface area contributed by atoms with Gasteiger partial charge >= 0.3 is 0 Å². The van der Waals surface area contributed by atoms with E-state index in [2.05, 4.69) is 30.1 Å². The van der Waals surface area contributed by atoms with Crippen molar-refractivity contribution in [3.63, 3.8) is 0 Å². The topological polar surface area (TPSA) is 29.5 Å². The van der Waals surface area contributed by atoms with Crippen LogP contribution in [-0.4, -0.2) is 24.8 Å². The molecule has 2 aromatic rings. The predicted molar refractivity (Wildman–Crippen MR) is 82.6 cm³/mol. The Bertz CT molecular complexity index is 649. The molecule has 1 aliphatic carbocycles. The predicted octanol–water partition coefficient (Wildman–Crippen LogP) is 3.45. The van der Waals surface area contributed by atoms with E-state index in [0.717, 1.165) is 23.4 Å². The van der Waals surface area contributed by atoms with Crippen molar-refractivity contribution in [2.24, 2.45) is 0 Å². The summed E-state index contributed by atoms with van der Waals surface area (Å²) in [5, 5.41) is 0. The van der Waals surface area contributed by atoms with Crippen molar-refractivity contribution in [1.82, 2.24) is 4.90 Å². The van der Waals surface area contributed by atoms with Crippen LogP contribution in [0.3, 0.4) is 0 Å². The smallest absolute Gasteiger partial charge is 0.165 e. The number of ether oxygens (including phenoxy) is 1. The Morgan fingerprint density at radius 2 is 1.86 bits per heavy atom. The minimum atomic E-state index is 0.177. The van der Waals surface area contributed by atoms with Gasteiger partial charge < -0.3 is 4.74 Å². The van der Waals surface area contributed by atoms with Gasteiger partial charge in [-0.15, -0.1) is 0 Å². The standard InChI is InChI=1S/C18H19NO2/c1-19(12-13-7-9-14(21-2)10-8-13)17-11-18(20)16-6-4-3-5-15(16)17/h3-10,17H,11-12H2,1-2H3. The van der Waals surface area contributed by atoms with Gasteiger partial charge in [0.15, 0.2) is 5.78 Å². The molecule has 0 saturated carbocycles. The summed E-state index contributed by atoms with van der Waals surface area (Å²) in [5.41, 5.74) is 3.25. The summed E-state index contributed by atoms with van der Waals surface area (Å²) in [6.07, 6.45) is 0.575. The van der Waals surface area contributed by atoms with Gasteiger partial charge in [-0.3, -0.25) is 9.69 Å². The third-order valence-corrected chi connectivity index (χ3v) is 4.12. The molecule has 1 unspecified atom stereocenters. The first-order valence-electron chi connectivity index (χ1n) is 7.14. The number of ketones is 1. The molecule has 0 saturated heterocycles. The van der Waals surface area contributed by atoms with Crippen LogP contribution < -0.4 is 4.74 Å². The van der Waals surface area contributed by atoms with Crippen molar-refractivity contribution in [1.29, 1.82) is 0 Å². The van der Waals surface area contributed by atoms with E-state index in [1.807, 2.05) is 30.3 Å². The molecule has 0 aromatic heterocycles. The van der Waals surface area contributed by atoms with Gasteiger partial charge in [-0.2, -0.15) is 0 Å². The lowest BCUT2D eigenvalue weighted by Gasteiger charge is -2.24. The van der Waals surface area contributed by atoms with Crippen LogP contribution in [-0.2, 0) is 6.54 Å². The molecule has 3 nitrogen and oxygen atoms in total. The van der Waals surface area contributed by atoms with Gasteiger partial charge in [-0.1, -0.05) is 36.4 Å². The molecule has 0 amide bonds. The fraction of sp³-hybridized carbons (Fsp3) is 0.278. The van der Waals surface area contributed by atoms with Crippen molar-refractivity contribution in [2.45, 2.75) is 19.0 Å². The molecule has 0 aliphatic heterocycles.